The quantitative estimate of drug-likeness (QED) is 0.902. The molecule has 0 aliphatic carbocycles. The van der Waals surface area contributed by atoms with Gasteiger partial charge in [0.15, 0.2) is 0 Å². The molecule has 0 fully saturated rings. The van der Waals surface area contributed by atoms with Gasteiger partial charge in [-0.2, -0.15) is 0 Å². The molecule has 0 aliphatic rings. The van der Waals surface area contributed by atoms with Crippen molar-refractivity contribution in [2.75, 3.05) is 0 Å². The fourth-order valence-electron chi connectivity index (χ4n) is 2.04. The Hall–Kier alpha value is -1.13. The largest absolute Gasteiger partial charge is 0.361 e. The first-order valence-corrected chi connectivity index (χ1v) is 6.66. The number of aryl methyl sites for hydroxylation is 3. The van der Waals surface area contributed by atoms with Gasteiger partial charge in [0.1, 0.15) is 5.76 Å². The summed E-state index contributed by atoms with van der Waals surface area (Å²) in [4.78, 5) is 1.39. The van der Waals surface area contributed by atoms with Gasteiger partial charge in [-0.15, -0.1) is 11.3 Å². The lowest BCUT2D eigenvalue weighted by Gasteiger charge is -2.13. The Morgan fingerprint density at radius 3 is 2.71 bits per heavy atom. The van der Waals surface area contributed by atoms with Gasteiger partial charge >= 0.3 is 0 Å². The molecule has 0 bridgehead atoms. The zero-order chi connectivity index (χ0) is 12.4. The summed E-state index contributed by atoms with van der Waals surface area (Å²) in [6.07, 6.45) is 0. The van der Waals surface area contributed by atoms with Crippen LogP contribution in [0.25, 0.3) is 0 Å². The maximum absolute atomic E-state index is 5.19. The minimum absolute atomic E-state index is 0.266. The van der Waals surface area contributed by atoms with Crippen LogP contribution in [0.4, 0.5) is 0 Å². The molecule has 2 rings (SSSR count). The van der Waals surface area contributed by atoms with Crippen LogP contribution in [-0.2, 0) is 6.54 Å². The fraction of sp³-hybridized carbons (Fsp3) is 0.462. The molecule has 0 aliphatic heterocycles. The van der Waals surface area contributed by atoms with Crippen LogP contribution in [0.3, 0.4) is 0 Å². The van der Waals surface area contributed by atoms with Gasteiger partial charge in [-0.25, -0.2) is 0 Å². The number of aromatic nitrogens is 1. The second-order valence-electron chi connectivity index (χ2n) is 4.37. The van der Waals surface area contributed by atoms with E-state index in [0.717, 1.165) is 18.0 Å². The Balaban J connectivity index is 2.03. The van der Waals surface area contributed by atoms with Crippen LogP contribution in [0, 0.1) is 20.8 Å². The zero-order valence-corrected chi connectivity index (χ0v) is 11.5. The molecule has 0 spiro atoms. The molecule has 2 aromatic heterocycles. The van der Waals surface area contributed by atoms with Crippen molar-refractivity contribution in [1.82, 2.24) is 10.5 Å². The molecule has 0 saturated heterocycles. The van der Waals surface area contributed by atoms with E-state index in [0.29, 0.717) is 0 Å². The van der Waals surface area contributed by atoms with Crippen LogP contribution in [-0.4, -0.2) is 5.16 Å². The third kappa shape index (κ3) is 2.58. The molecule has 3 nitrogen and oxygen atoms in total. The highest BCUT2D eigenvalue weighted by Crippen LogP contribution is 2.22. The smallest absolute Gasteiger partial charge is 0.138 e. The topological polar surface area (TPSA) is 38.1 Å². The molecule has 4 heteroatoms. The molecule has 0 amide bonds. The average molecular weight is 250 g/mol. The van der Waals surface area contributed by atoms with Crippen LogP contribution in [0.15, 0.2) is 16.0 Å². The van der Waals surface area contributed by atoms with Crippen molar-refractivity contribution in [2.45, 2.75) is 40.3 Å². The fourth-order valence-corrected chi connectivity index (χ4v) is 2.90. The molecule has 17 heavy (non-hydrogen) atoms. The van der Waals surface area contributed by atoms with Gasteiger partial charge in [-0.1, -0.05) is 5.16 Å². The highest BCUT2D eigenvalue weighted by atomic mass is 32.1. The predicted octanol–water partition coefficient (Wildman–Crippen LogP) is 3.51. The highest BCUT2D eigenvalue weighted by Gasteiger charge is 2.16. The van der Waals surface area contributed by atoms with E-state index < -0.39 is 0 Å². The van der Waals surface area contributed by atoms with Gasteiger partial charge in [0, 0.05) is 23.0 Å². The van der Waals surface area contributed by atoms with E-state index in [1.165, 1.54) is 16.0 Å². The van der Waals surface area contributed by atoms with Crippen LogP contribution in [0.5, 0.6) is 0 Å². The number of nitrogens with one attached hydrogen (secondary N) is 1. The number of nitrogens with zero attached hydrogens (tertiary/aromatic N) is 1. The van der Waals surface area contributed by atoms with E-state index in [-0.39, 0.29) is 6.04 Å². The highest BCUT2D eigenvalue weighted by molar-refractivity contribution is 7.10. The molecule has 0 saturated carbocycles. The van der Waals surface area contributed by atoms with Gasteiger partial charge in [-0.05, 0) is 44.7 Å². The molecule has 0 radical (unpaired) electrons. The third-order valence-corrected chi connectivity index (χ3v) is 4.08. The molecular weight excluding hydrogens is 232 g/mol. The standard InChI is InChI=1S/C13H18N2OS/c1-8-5-6-17-12(8)7-14-9(2)13-10(3)15-16-11(13)4/h5-6,9,14H,7H2,1-4H3. The van der Waals surface area contributed by atoms with E-state index in [1.54, 1.807) is 11.3 Å². The van der Waals surface area contributed by atoms with Crippen molar-refractivity contribution in [2.24, 2.45) is 0 Å². The molecule has 2 aromatic rings. The lowest BCUT2D eigenvalue weighted by atomic mass is 10.1. The Bertz CT molecular complexity index is 482. The zero-order valence-electron chi connectivity index (χ0n) is 10.7. The molecular formula is C13H18N2OS. The van der Waals surface area contributed by atoms with E-state index in [9.17, 15) is 0 Å². The normalized spacial score (nSPS) is 12.9. The number of thiophene rings is 1. The SMILES string of the molecule is Cc1ccsc1CNC(C)c1c(C)noc1C. The Kier molecular flexibility index (Phi) is 3.64. The first-order chi connectivity index (χ1) is 8.09. The summed E-state index contributed by atoms with van der Waals surface area (Å²) in [5.41, 5.74) is 3.51. The minimum Gasteiger partial charge on any atom is -0.361 e. The maximum Gasteiger partial charge on any atom is 0.138 e. The first kappa shape index (κ1) is 12.3. The van der Waals surface area contributed by atoms with E-state index in [2.05, 4.69) is 35.8 Å². The first-order valence-electron chi connectivity index (χ1n) is 5.78. The Labute approximate surface area is 106 Å². The molecule has 1 atom stereocenters. The van der Waals surface area contributed by atoms with Crippen molar-refractivity contribution in [3.8, 4) is 0 Å². The third-order valence-electron chi connectivity index (χ3n) is 3.06. The van der Waals surface area contributed by atoms with Crippen molar-refractivity contribution in [1.29, 1.82) is 0 Å². The van der Waals surface area contributed by atoms with Crippen LogP contribution >= 0.6 is 11.3 Å². The minimum atomic E-state index is 0.266. The molecule has 0 aromatic carbocycles. The lowest BCUT2D eigenvalue weighted by Crippen LogP contribution is -2.18. The summed E-state index contributed by atoms with van der Waals surface area (Å²) in [6, 6.07) is 2.42. The maximum atomic E-state index is 5.19. The van der Waals surface area contributed by atoms with Gasteiger partial charge in [0.05, 0.1) is 5.69 Å². The number of rotatable bonds is 4. The summed E-state index contributed by atoms with van der Waals surface area (Å²) < 4.78 is 5.19. The van der Waals surface area contributed by atoms with E-state index in [1.807, 2.05) is 13.8 Å². The van der Waals surface area contributed by atoms with E-state index in [4.69, 9.17) is 4.52 Å². The van der Waals surface area contributed by atoms with Crippen LogP contribution < -0.4 is 5.32 Å². The summed E-state index contributed by atoms with van der Waals surface area (Å²) in [7, 11) is 0. The Morgan fingerprint density at radius 2 is 2.18 bits per heavy atom. The number of hydrogen-bond acceptors (Lipinski definition) is 4. The van der Waals surface area contributed by atoms with E-state index >= 15 is 0 Å². The number of hydrogen-bond donors (Lipinski definition) is 1. The van der Waals surface area contributed by atoms with Crippen molar-refractivity contribution < 1.29 is 4.52 Å². The second kappa shape index (κ2) is 5.02. The molecule has 92 valence electrons. The summed E-state index contributed by atoms with van der Waals surface area (Å²) in [6.45, 7) is 9.14. The predicted molar refractivity (Wildman–Crippen MR) is 70.3 cm³/mol. The van der Waals surface area contributed by atoms with Gasteiger partial charge in [-0.3, -0.25) is 0 Å². The molecule has 1 N–H and O–H groups in total. The van der Waals surface area contributed by atoms with Crippen LogP contribution in [0.2, 0.25) is 0 Å². The van der Waals surface area contributed by atoms with Crippen molar-refractivity contribution >= 4 is 11.3 Å². The van der Waals surface area contributed by atoms with Gasteiger partial charge in [0.2, 0.25) is 0 Å². The monoisotopic (exact) mass is 250 g/mol. The molecule has 1 unspecified atom stereocenters. The van der Waals surface area contributed by atoms with Gasteiger partial charge < -0.3 is 9.84 Å². The molecule has 2 heterocycles. The van der Waals surface area contributed by atoms with Crippen molar-refractivity contribution in [3.05, 3.63) is 38.9 Å². The van der Waals surface area contributed by atoms with Crippen molar-refractivity contribution in [3.63, 3.8) is 0 Å². The summed E-state index contributed by atoms with van der Waals surface area (Å²) in [5, 5.41) is 9.64. The summed E-state index contributed by atoms with van der Waals surface area (Å²) >= 11 is 1.80. The Morgan fingerprint density at radius 1 is 1.41 bits per heavy atom. The lowest BCUT2D eigenvalue weighted by molar-refractivity contribution is 0.390. The van der Waals surface area contributed by atoms with Crippen LogP contribution in [0.1, 0.15) is 40.4 Å². The average Bonchev–Trinajstić information content (AvgIpc) is 2.83. The summed E-state index contributed by atoms with van der Waals surface area (Å²) in [5.74, 6) is 0.908. The second-order valence-corrected chi connectivity index (χ2v) is 5.37. The van der Waals surface area contributed by atoms with Gasteiger partial charge in [0.25, 0.3) is 0 Å².